The number of nitrogens with zero attached hydrogens (tertiary/aromatic N) is 1. The Morgan fingerprint density at radius 2 is 2.05 bits per heavy atom. The predicted octanol–water partition coefficient (Wildman–Crippen LogP) is 2.84. The predicted molar refractivity (Wildman–Crippen MR) is 80.7 cm³/mol. The smallest absolute Gasteiger partial charge is 0.231 e. The largest absolute Gasteiger partial charge is 0.497 e. The van der Waals surface area contributed by atoms with Gasteiger partial charge in [-0.25, -0.2) is 0 Å². The zero-order valence-corrected chi connectivity index (χ0v) is 13.1. The van der Waals surface area contributed by atoms with Crippen LogP contribution < -0.4 is 10.1 Å². The molecule has 0 saturated carbocycles. The van der Waals surface area contributed by atoms with Crippen molar-refractivity contribution < 1.29 is 9.53 Å². The van der Waals surface area contributed by atoms with Crippen molar-refractivity contribution in [1.29, 1.82) is 5.26 Å². The molecule has 1 aromatic carbocycles. The van der Waals surface area contributed by atoms with E-state index in [0.717, 1.165) is 10.6 Å². The third-order valence-corrected chi connectivity index (χ3v) is 4.23. The van der Waals surface area contributed by atoms with Crippen molar-refractivity contribution in [3.05, 3.63) is 24.3 Å². The third kappa shape index (κ3) is 4.46. The Morgan fingerprint density at radius 1 is 1.45 bits per heavy atom. The van der Waals surface area contributed by atoms with Crippen molar-refractivity contribution in [2.45, 2.75) is 31.2 Å². The molecule has 0 radical (unpaired) electrons. The average Bonchev–Trinajstić information content (AvgIpc) is 2.45. The Bertz CT molecular complexity index is 494. The van der Waals surface area contributed by atoms with Crippen molar-refractivity contribution in [2.24, 2.45) is 5.92 Å². The summed E-state index contributed by atoms with van der Waals surface area (Å²) in [5, 5.41) is 12.0. The molecule has 0 aromatic heterocycles. The van der Waals surface area contributed by atoms with Crippen LogP contribution in [0.3, 0.4) is 0 Å². The first kappa shape index (κ1) is 16.4. The molecule has 1 amide bonds. The van der Waals surface area contributed by atoms with E-state index in [4.69, 9.17) is 10.00 Å². The lowest BCUT2D eigenvalue weighted by molar-refractivity contribution is -0.120. The molecule has 0 saturated heterocycles. The lowest BCUT2D eigenvalue weighted by atomic mass is 9.90. The maximum Gasteiger partial charge on any atom is 0.231 e. The fourth-order valence-corrected chi connectivity index (χ4v) is 2.15. The quantitative estimate of drug-likeness (QED) is 0.819. The summed E-state index contributed by atoms with van der Waals surface area (Å²) in [6.45, 7) is 5.58. The van der Waals surface area contributed by atoms with Gasteiger partial charge in [-0.05, 0) is 37.1 Å². The molecule has 108 valence electrons. The number of nitriles is 1. The normalized spacial score (nSPS) is 13.4. The summed E-state index contributed by atoms with van der Waals surface area (Å²) < 4.78 is 5.08. The summed E-state index contributed by atoms with van der Waals surface area (Å²) in [6.07, 6.45) is 0. The number of hydrogen-bond acceptors (Lipinski definition) is 4. The summed E-state index contributed by atoms with van der Waals surface area (Å²) in [7, 11) is 1.62. The number of rotatable bonds is 6. The zero-order chi connectivity index (χ0) is 15.2. The number of benzene rings is 1. The number of nitrogens with one attached hydrogen (secondary N) is 1. The zero-order valence-electron chi connectivity index (χ0n) is 12.3. The second kappa shape index (κ2) is 7.20. The molecule has 0 heterocycles. The molecule has 0 aliphatic rings. The van der Waals surface area contributed by atoms with Gasteiger partial charge < -0.3 is 10.1 Å². The molecule has 1 aromatic rings. The van der Waals surface area contributed by atoms with Gasteiger partial charge in [0.1, 0.15) is 11.3 Å². The maximum absolute atomic E-state index is 11.9. The van der Waals surface area contributed by atoms with Crippen molar-refractivity contribution in [2.75, 3.05) is 12.9 Å². The molecule has 1 N–H and O–H groups in total. The van der Waals surface area contributed by atoms with Gasteiger partial charge >= 0.3 is 0 Å². The fourth-order valence-electron chi connectivity index (χ4n) is 1.45. The van der Waals surface area contributed by atoms with Crippen LogP contribution in [0.2, 0.25) is 0 Å². The van der Waals surface area contributed by atoms with Gasteiger partial charge in [-0.2, -0.15) is 5.26 Å². The fraction of sp³-hybridized carbons (Fsp3) is 0.467. The first-order valence-corrected chi connectivity index (χ1v) is 7.39. The van der Waals surface area contributed by atoms with E-state index in [0.29, 0.717) is 0 Å². The molecular formula is C15H20N2O2S. The number of amides is 1. The van der Waals surface area contributed by atoms with Crippen LogP contribution in [0, 0.1) is 17.2 Å². The lowest BCUT2D eigenvalue weighted by Gasteiger charge is -2.27. The number of hydrogen-bond donors (Lipinski definition) is 1. The van der Waals surface area contributed by atoms with E-state index in [9.17, 15) is 4.79 Å². The number of methoxy groups -OCH3 is 1. The summed E-state index contributed by atoms with van der Waals surface area (Å²) in [5.74, 6) is 0.998. The molecule has 0 fully saturated rings. The minimum Gasteiger partial charge on any atom is -0.497 e. The summed E-state index contributed by atoms with van der Waals surface area (Å²) >= 11 is 1.43. The topological polar surface area (TPSA) is 62.1 Å². The van der Waals surface area contributed by atoms with E-state index in [1.165, 1.54) is 11.8 Å². The van der Waals surface area contributed by atoms with Gasteiger partial charge in [0.25, 0.3) is 0 Å². The highest BCUT2D eigenvalue weighted by Crippen LogP contribution is 2.22. The molecule has 1 unspecified atom stereocenters. The highest BCUT2D eigenvalue weighted by molar-refractivity contribution is 8.00. The van der Waals surface area contributed by atoms with Crippen LogP contribution in [0.5, 0.6) is 5.75 Å². The molecule has 1 atom stereocenters. The highest BCUT2D eigenvalue weighted by Gasteiger charge is 2.29. The first-order chi connectivity index (χ1) is 9.41. The minimum absolute atomic E-state index is 0.0578. The first-order valence-electron chi connectivity index (χ1n) is 6.40. The molecule has 0 spiro atoms. The van der Waals surface area contributed by atoms with Crippen LogP contribution in [0.4, 0.5) is 0 Å². The molecule has 20 heavy (non-hydrogen) atoms. The Morgan fingerprint density at radius 3 is 2.50 bits per heavy atom. The Labute approximate surface area is 124 Å². The summed E-state index contributed by atoms with van der Waals surface area (Å²) in [4.78, 5) is 12.9. The third-order valence-electron chi connectivity index (χ3n) is 3.22. The maximum atomic E-state index is 11.9. The van der Waals surface area contributed by atoms with Gasteiger partial charge in [0, 0.05) is 4.90 Å². The van der Waals surface area contributed by atoms with E-state index in [1.54, 1.807) is 14.0 Å². The van der Waals surface area contributed by atoms with Crippen molar-refractivity contribution in [3.63, 3.8) is 0 Å². The monoisotopic (exact) mass is 292 g/mol. The summed E-state index contributed by atoms with van der Waals surface area (Å²) in [5.41, 5.74) is -0.822. The van der Waals surface area contributed by atoms with Crippen LogP contribution in [0.25, 0.3) is 0 Å². The second-order valence-corrected chi connectivity index (χ2v) is 6.03. The highest BCUT2D eigenvalue weighted by atomic mass is 32.2. The minimum atomic E-state index is -0.822. The Kier molecular flexibility index (Phi) is 5.90. The number of carbonyl (C=O) groups excluding carboxylic acids is 1. The van der Waals surface area contributed by atoms with Crippen molar-refractivity contribution in [1.82, 2.24) is 5.32 Å². The molecule has 0 bridgehead atoms. The molecule has 4 nitrogen and oxygen atoms in total. The van der Waals surface area contributed by atoms with Crippen LogP contribution in [-0.4, -0.2) is 24.3 Å². The summed E-state index contributed by atoms with van der Waals surface area (Å²) in [6, 6.07) is 9.69. The van der Waals surface area contributed by atoms with Gasteiger partial charge in [0.2, 0.25) is 5.91 Å². The number of ether oxygens (including phenoxy) is 1. The number of carbonyl (C=O) groups is 1. The van der Waals surface area contributed by atoms with Crippen molar-refractivity contribution >= 4 is 17.7 Å². The van der Waals surface area contributed by atoms with E-state index in [-0.39, 0.29) is 17.6 Å². The molecule has 5 heteroatoms. The van der Waals surface area contributed by atoms with Gasteiger partial charge in [-0.15, -0.1) is 11.8 Å². The molecule has 0 aliphatic carbocycles. The van der Waals surface area contributed by atoms with E-state index < -0.39 is 5.54 Å². The molecule has 0 aliphatic heterocycles. The van der Waals surface area contributed by atoms with Gasteiger partial charge in [0.05, 0.1) is 18.9 Å². The van der Waals surface area contributed by atoms with Crippen LogP contribution >= 0.6 is 11.8 Å². The standard InChI is InChI=1S/C15H20N2O2S/c1-11(2)15(3,10-16)17-14(18)9-20-13-7-5-12(19-4)6-8-13/h5-8,11H,9H2,1-4H3,(H,17,18). The van der Waals surface area contributed by atoms with Crippen LogP contribution in [0.15, 0.2) is 29.2 Å². The van der Waals surface area contributed by atoms with Gasteiger partial charge in [-0.1, -0.05) is 13.8 Å². The Balaban J connectivity index is 2.53. The SMILES string of the molecule is COc1ccc(SCC(=O)NC(C)(C#N)C(C)C)cc1. The van der Waals surface area contributed by atoms with Crippen LogP contribution in [0.1, 0.15) is 20.8 Å². The lowest BCUT2D eigenvalue weighted by Crippen LogP contribution is -2.49. The van der Waals surface area contributed by atoms with Crippen LogP contribution in [-0.2, 0) is 4.79 Å². The average molecular weight is 292 g/mol. The second-order valence-electron chi connectivity index (χ2n) is 4.98. The van der Waals surface area contributed by atoms with E-state index in [1.807, 2.05) is 38.1 Å². The van der Waals surface area contributed by atoms with Gasteiger partial charge in [-0.3, -0.25) is 4.79 Å². The van der Waals surface area contributed by atoms with Crippen molar-refractivity contribution in [3.8, 4) is 11.8 Å². The van der Waals surface area contributed by atoms with E-state index >= 15 is 0 Å². The Hall–Kier alpha value is -1.67. The molecule has 1 rings (SSSR count). The number of thioether (sulfide) groups is 1. The van der Waals surface area contributed by atoms with Gasteiger partial charge in [0.15, 0.2) is 0 Å². The molecular weight excluding hydrogens is 272 g/mol. The van der Waals surface area contributed by atoms with E-state index in [2.05, 4.69) is 11.4 Å².